The van der Waals surface area contributed by atoms with Gasteiger partial charge < -0.3 is 14.4 Å². The van der Waals surface area contributed by atoms with Crippen molar-refractivity contribution in [2.45, 2.75) is 52.6 Å². The number of halogens is 1. The average molecular weight is 402 g/mol. The van der Waals surface area contributed by atoms with Crippen LogP contribution in [0.3, 0.4) is 0 Å². The third-order valence-corrected chi connectivity index (χ3v) is 5.33. The molecule has 0 fully saturated rings. The van der Waals surface area contributed by atoms with Crippen molar-refractivity contribution in [2.75, 3.05) is 13.1 Å². The number of hydrogen-bond donors (Lipinski definition) is 0. The summed E-state index contributed by atoms with van der Waals surface area (Å²) in [5, 5.41) is 0. The highest BCUT2D eigenvalue weighted by Gasteiger charge is 2.27. The number of rotatable bonds is 10. The molecule has 0 aliphatic carbocycles. The summed E-state index contributed by atoms with van der Waals surface area (Å²) in [5.74, 6) is -1.13. The number of hydrogen-bond acceptors (Lipinski definition) is 2. The number of nitrogens with zero attached hydrogens (tertiary/aromatic N) is 3. The minimum Gasteiger partial charge on any atom is -0.353 e. The van der Waals surface area contributed by atoms with Crippen molar-refractivity contribution < 1.29 is 14.0 Å². The first-order valence-corrected chi connectivity index (χ1v) is 10.3. The summed E-state index contributed by atoms with van der Waals surface area (Å²) in [4.78, 5) is 29.5. The molecule has 0 saturated carbocycles. The fourth-order valence-corrected chi connectivity index (χ4v) is 3.18. The van der Waals surface area contributed by atoms with Gasteiger partial charge in [-0.2, -0.15) is 0 Å². The molecule has 1 atom stereocenters. The molecule has 0 aliphatic rings. The van der Waals surface area contributed by atoms with Crippen LogP contribution in [0.5, 0.6) is 0 Å². The monoisotopic (exact) mass is 401 g/mol. The summed E-state index contributed by atoms with van der Waals surface area (Å²) >= 11 is 0. The second kappa shape index (κ2) is 10.8. The molecule has 0 radical (unpaired) electrons. The van der Waals surface area contributed by atoms with Crippen LogP contribution in [-0.4, -0.2) is 45.3 Å². The van der Waals surface area contributed by atoms with Crippen LogP contribution in [0, 0.1) is 5.82 Å². The molecule has 6 heteroatoms. The first kappa shape index (κ1) is 22.7. The van der Waals surface area contributed by atoms with Gasteiger partial charge in [-0.3, -0.25) is 9.59 Å². The van der Waals surface area contributed by atoms with Gasteiger partial charge in [0.05, 0.1) is 12.1 Å². The number of aromatic nitrogens is 1. The zero-order chi connectivity index (χ0) is 21.4. The van der Waals surface area contributed by atoms with Gasteiger partial charge in [-0.05, 0) is 44.0 Å². The lowest BCUT2D eigenvalue weighted by Crippen LogP contribution is -2.47. The summed E-state index contributed by atoms with van der Waals surface area (Å²) < 4.78 is 16.2. The van der Waals surface area contributed by atoms with Gasteiger partial charge in [0.1, 0.15) is 12.4 Å². The van der Waals surface area contributed by atoms with Crippen LogP contribution in [0.2, 0.25) is 0 Å². The second-order valence-electron chi connectivity index (χ2n) is 7.45. The minimum atomic E-state index is -0.565. The van der Waals surface area contributed by atoms with Crippen molar-refractivity contribution in [3.05, 3.63) is 59.7 Å². The Morgan fingerprint density at radius 3 is 2.45 bits per heavy atom. The zero-order valence-electron chi connectivity index (χ0n) is 17.9. The smallest absolute Gasteiger partial charge is 0.257 e. The van der Waals surface area contributed by atoms with Crippen molar-refractivity contribution in [1.82, 2.24) is 14.4 Å². The normalized spacial score (nSPS) is 11.9. The summed E-state index contributed by atoms with van der Waals surface area (Å²) in [6.45, 7) is 6.98. The highest BCUT2D eigenvalue weighted by molar-refractivity contribution is 5.97. The Morgan fingerprint density at radius 1 is 1.14 bits per heavy atom. The largest absolute Gasteiger partial charge is 0.353 e. The van der Waals surface area contributed by atoms with Crippen molar-refractivity contribution in [3.8, 4) is 0 Å². The van der Waals surface area contributed by atoms with Crippen LogP contribution >= 0.6 is 0 Å². The SMILES string of the molecule is CCCCN(Cc1cccn1C)C(=O)CN(C(=O)c1ccccc1F)C(C)CC. The average Bonchev–Trinajstić information content (AvgIpc) is 3.12. The molecule has 2 aromatic rings. The van der Waals surface area contributed by atoms with E-state index >= 15 is 0 Å². The van der Waals surface area contributed by atoms with E-state index in [0.717, 1.165) is 18.5 Å². The molecule has 29 heavy (non-hydrogen) atoms. The van der Waals surface area contributed by atoms with Gasteiger partial charge in [0.25, 0.3) is 5.91 Å². The molecule has 1 aromatic carbocycles. The summed E-state index contributed by atoms with van der Waals surface area (Å²) in [7, 11) is 1.95. The fourth-order valence-electron chi connectivity index (χ4n) is 3.18. The lowest BCUT2D eigenvalue weighted by Gasteiger charge is -2.31. The number of amides is 2. The highest BCUT2D eigenvalue weighted by atomic mass is 19.1. The summed E-state index contributed by atoms with van der Waals surface area (Å²) in [6.07, 6.45) is 4.49. The van der Waals surface area contributed by atoms with Crippen LogP contribution in [0.1, 0.15) is 56.1 Å². The number of carbonyl (C=O) groups is 2. The maximum atomic E-state index is 14.2. The Labute approximate surface area is 173 Å². The first-order valence-electron chi connectivity index (χ1n) is 10.3. The minimum absolute atomic E-state index is 0.00291. The van der Waals surface area contributed by atoms with E-state index in [0.29, 0.717) is 19.5 Å². The molecule has 1 heterocycles. The van der Waals surface area contributed by atoms with Gasteiger partial charge in [0, 0.05) is 31.5 Å². The fraction of sp³-hybridized carbons (Fsp3) is 0.478. The Bertz CT molecular complexity index is 818. The third-order valence-electron chi connectivity index (χ3n) is 5.33. The van der Waals surface area contributed by atoms with E-state index in [1.807, 2.05) is 43.8 Å². The third kappa shape index (κ3) is 5.92. The Balaban J connectivity index is 2.22. The molecular weight excluding hydrogens is 369 g/mol. The van der Waals surface area contributed by atoms with Gasteiger partial charge in [-0.1, -0.05) is 32.4 Å². The molecule has 1 unspecified atom stereocenters. The maximum absolute atomic E-state index is 14.2. The van der Waals surface area contributed by atoms with Crippen LogP contribution in [-0.2, 0) is 18.4 Å². The van der Waals surface area contributed by atoms with Crippen LogP contribution in [0.25, 0.3) is 0 Å². The van der Waals surface area contributed by atoms with Gasteiger partial charge in [0.15, 0.2) is 0 Å². The topological polar surface area (TPSA) is 45.6 Å². The molecular formula is C23H32FN3O2. The molecule has 2 rings (SSSR count). The van der Waals surface area contributed by atoms with E-state index in [1.165, 1.54) is 17.0 Å². The van der Waals surface area contributed by atoms with Crippen molar-refractivity contribution >= 4 is 11.8 Å². The predicted molar refractivity (Wildman–Crippen MR) is 113 cm³/mol. The van der Waals surface area contributed by atoms with E-state index in [2.05, 4.69) is 6.92 Å². The van der Waals surface area contributed by atoms with Gasteiger partial charge in [-0.25, -0.2) is 4.39 Å². The number of unbranched alkanes of at least 4 members (excludes halogenated alkanes) is 1. The number of benzene rings is 1. The predicted octanol–water partition coefficient (Wildman–Crippen LogP) is 4.23. The lowest BCUT2D eigenvalue weighted by atomic mass is 10.1. The van der Waals surface area contributed by atoms with Crippen LogP contribution in [0.15, 0.2) is 42.6 Å². The molecule has 1 aromatic heterocycles. The Kier molecular flexibility index (Phi) is 8.43. The van der Waals surface area contributed by atoms with Crippen molar-refractivity contribution in [1.29, 1.82) is 0 Å². The van der Waals surface area contributed by atoms with E-state index in [4.69, 9.17) is 0 Å². The van der Waals surface area contributed by atoms with Crippen molar-refractivity contribution in [3.63, 3.8) is 0 Å². The Morgan fingerprint density at radius 2 is 1.86 bits per heavy atom. The molecule has 158 valence electrons. The first-order chi connectivity index (χ1) is 13.9. The Hall–Kier alpha value is -2.63. The quantitative estimate of drug-likeness (QED) is 0.598. The van der Waals surface area contributed by atoms with Crippen LogP contribution in [0.4, 0.5) is 4.39 Å². The van der Waals surface area contributed by atoms with Gasteiger partial charge >= 0.3 is 0 Å². The number of aryl methyl sites for hydroxylation is 1. The van der Waals surface area contributed by atoms with Crippen LogP contribution < -0.4 is 0 Å². The molecule has 0 bridgehead atoms. The van der Waals surface area contributed by atoms with Gasteiger partial charge in [0.2, 0.25) is 5.91 Å². The molecule has 0 N–H and O–H groups in total. The van der Waals surface area contributed by atoms with E-state index in [1.54, 1.807) is 17.0 Å². The van der Waals surface area contributed by atoms with E-state index in [9.17, 15) is 14.0 Å². The second-order valence-corrected chi connectivity index (χ2v) is 7.45. The lowest BCUT2D eigenvalue weighted by molar-refractivity contribution is -0.133. The molecule has 0 aliphatic heterocycles. The standard InChI is InChI=1S/C23H32FN3O2/c1-5-7-15-26(16-19-11-10-14-25(19)4)22(28)17-27(18(3)6-2)23(29)20-12-8-9-13-21(20)24/h8-14,18H,5-7,15-17H2,1-4H3. The maximum Gasteiger partial charge on any atom is 0.257 e. The highest BCUT2D eigenvalue weighted by Crippen LogP contribution is 2.15. The van der Waals surface area contributed by atoms with E-state index in [-0.39, 0.29) is 24.1 Å². The van der Waals surface area contributed by atoms with E-state index < -0.39 is 11.7 Å². The summed E-state index contributed by atoms with van der Waals surface area (Å²) in [6, 6.07) is 9.69. The number of carbonyl (C=O) groups excluding carboxylic acids is 2. The molecule has 0 spiro atoms. The zero-order valence-corrected chi connectivity index (χ0v) is 17.9. The molecule has 5 nitrogen and oxygen atoms in total. The van der Waals surface area contributed by atoms with Gasteiger partial charge in [-0.15, -0.1) is 0 Å². The summed E-state index contributed by atoms with van der Waals surface area (Å²) in [5.41, 5.74) is 1.04. The molecule has 0 saturated heterocycles. The molecule has 2 amide bonds. The van der Waals surface area contributed by atoms with Crippen molar-refractivity contribution in [2.24, 2.45) is 7.05 Å².